The van der Waals surface area contributed by atoms with Gasteiger partial charge in [0, 0.05) is 17.7 Å². The van der Waals surface area contributed by atoms with Crippen molar-refractivity contribution in [1.82, 2.24) is 9.55 Å². The normalized spacial score (nSPS) is 11.3. The fourth-order valence-electron chi connectivity index (χ4n) is 3.79. The predicted molar refractivity (Wildman–Crippen MR) is 131 cm³/mol. The van der Waals surface area contributed by atoms with Crippen molar-refractivity contribution in [1.29, 1.82) is 0 Å². The monoisotopic (exact) mass is 494 g/mol. The number of halogens is 1. The zero-order chi connectivity index (χ0) is 22.7. The number of fused-ring (bicyclic) bond motifs is 1. The minimum atomic E-state index is 0.00216. The molecular formula is C26H27BrN2O3. The number of para-hydroxylation sites is 1. The molecule has 0 spiro atoms. The van der Waals surface area contributed by atoms with Crippen LogP contribution in [-0.4, -0.2) is 28.4 Å². The highest BCUT2D eigenvalue weighted by molar-refractivity contribution is 9.10. The van der Waals surface area contributed by atoms with E-state index in [0.29, 0.717) is 24.8 Å². The largest absolute Gasteiger partial charge is 0.494 e. The molecule has 32 heavy (non-hydrogen) atoms. The molecule has 0 fully saturated rings. The highest BCUT2D eigenvalue weighted by Gasteiger charge is 2.21. The molecule has 1 N–H and O–H groups in total. The zero-order valence-electron chi connectivity index (χ0n) is 18.5. The van der Waals surface area contributed by atoms with Gasteiger partial charge >= 0.3 is 0 Å². The number of hydrogen-bond donors (Lipinski definition) is 1. The lowest BCUT2D eigenvalue weighted by atomic mass is 10.0. The third kappa shape index (κ3) is 4.38. The van der Waals surface area contributed by atoms with Crippen LogP contribution in [0.5, 0.6) is 11.5 Å². The average molecular weight is 495 g/mol. The van der Waals surface area contributed by atoms with Crippen molar-refractivity contribution in [2.45, 2.75) is 32.9 Å². The van der Waals surface area contributed by atoms with Crippen molar-refractivity contribution in [2.75, 3.05) is 13.7 Å². The third-order valence-corrected chi connectivity index (χ3v) is 6.40. The topological polar surface area (TPSA) is 56.5 Å². The number of aliphatic hydroxyl groups is 1. The Balaban J connectivity index is 1.81. The minimum absolute atomic E-state index is 0.00216. The Bertz CT molecular complexity index is 1200. The Hall–Kier alpha value is -2.83. The van der Waals surface area contributed by atoms with Gasteiger partial charge in [-0.15, -0.1) is 0 Å². The molecule has 0 saturated carbocycles. The van der Waals surface area contributed by atoms with Crippen LogP contribution in [0, 0.1) is 0 Å². The van der Waals surface area contributed by atoms with Crippen LogP contribution in [0.3, 0.4) is 0 Å². The van der Waals surface area contributed by atoms with E-state index in [1.165, 1.54) is 5.56 Å². The summed E-state index contributed by atoms with van der Waals surface area (Å²) < 4.78 is 14.6. The zero-order valence-corrected chi connectivity index (χ0v) is 20.1. The maximum atomic E-state index is 9.76. The number of nitrogens with zero attached hydrogens (tertiary/aromatic N) is 2. The number of methoxy groups -OCH3 is 1. The van der Waals surface area contributed by atoms with E-state index < -0.39 is 0 Å². The van der Waals surface area contributed by atoms with E-state index in [0.717, 1.165) is 38.2 Å². The summed E-state index contributed by atoms with van der Waals surface area (Å²) in [5.41, 5.74) is 4.84. The van der Waals surface area contributed by atoms with E-state index in [-0.39, 0.29) is 6.61 Å². The van der Waals surface area contributed by atoms with E-state index in [1.54, 1.807) is 7.11 Å². The molecule has 0 amide bonds. The lowest BCUT2D eigenvalue weighted by Gasteiger charge is -2.13. The van der Waals surface area contributed by atoms with Gasteiger partial charge in [-0.2, -0.15) is 0 Å². The Kier molecular flexibility index (Phi) is 6.82. The first kappa shape index (κ1) is 22.4. The SMILES string of the molecule is COc1cc(COc2ccccc2)c(Br)c2nc(-c3ccc(C(C)C)cc3)n(CCO)c12. The van der Waals surface area contributed by atoms with E-state index >= 15 is 0 Å². The van der Waals surface area contributed by atoms with E-state index in [4.69, 9.17) is 14.5 Å². The summed E-state index contributed by atoms with van der Waals surface area (Å²) in [6.07, 6.45) is 0. The van der Waals surface area contributed by atoms with Crippen LogP contribution in [0.1, 0.15) is 30.9 Å². The van der Waals surface area contributed by atoms with Crippen LogP contribution in [-0.2, 0) is 13.2 Å². The molecule has 0 atom stereocenters. The van der Waals surface area contributed by atoms with Gasteiger partial charge in [-0.1, -0.05) is 56.3 Å². The van der Waals surface area contributed by atoms with Gasteiger partial charge in [0.25, 0.3) is 0 Å². The molecule has 1 aromatic heterocycles. The van der Waals surface area contributed by atoms with Crippen LogP contribution in [0.2, 0.25) is 0 Å². The van der Waals surface area contributed by atoms with E-state index in [9.17, 15) is 5.11 Å². The van der Waals surface area contributed by atoms with Crippen molar-refractivity contribution in [2.24, 2.45) is 0 Å². The van der Waals surface area contributed by atoms with Crippen LogP contribution in [0.25, 0.3) is 22.4 Å². The van der Waals surface area contributed by atoms with Crippen molar-refractivity contribution < 1.29 is 14.6 Å². The fourth-order valence-corrected chi connectivity index (χ4v) is 4.30. The smallest absolute Gasteiger partial charge is 0.145 e. The van der Waals surface area contributed by atoms with Gasteiger partial charge in [-0.3, -0.25) is 0 Å². The molecule has 4 rings (SSSR count). The maximum absolute atomic E-state index is 9.76. The summed E-state index contributed by atoms with van der Waals surface area (Å²) >= 11 is 3.75. The molecule has 0 saturated heterocycles. The second-order valence-corrected chi connectivity index (χ2v) is 8.73. The molecule has 5 nitrogen and oxygen atoms in total. The summed E-state index contributed by atoms with van der Waals surface area (Å²) in [7, 11) is 1.65. The molecule has 1 heterocycles. The van der Waals surface area contributed by atoms with Gasteiger partial charge in [0.1, 0.15) is 35.0 Å². The first-order valence-electron chi connectivity index (χ1n) is 10.7. The molecule has 3 aromatic carbocycles. The quantitative estimate of drug-likeness (QED) is 0.318. The first-order valence-corrected chi connectivity index (χ1v) is 11.5. The van der Waals surface area contributed by atoms with Gasteiger partial charge in [0.2, 0.25) is 0 Å². The van der Waals surface area contributed by atoms with Crippen LogP contribution in [0.15, 0.2) is 65.1 Å². The number of benzene rings is 3. The number of hydrogen-bond acceptors (Lipinski definition) is 4. The Morgan fingerprint density at radius 2 is 1.78 bits per heavy atom. The molecule has 6 heteroatoms. The highest BCUT2D eigenvalue weighted by Crippen LogP contribution is 2.38. The first-order chi connectivity index (χ1) is 15.5. The molecule has 0 unspecified atom stereocenters. The molecule has 0 aliphatic carbocycles. The molecule has 166 valence electrons. The molecule has 0 bridgehead atoms. The standard InChI is InChI=1S/C26H27BrN2O3/c1-17(2)18-9-11-19(12-10-18)26-28-24-23(27)20(16-32-21-7-5-4-6-8-21)15-22(31-3)25(24)29(26)13-14-30/h4-12,15,17,30H,13-14,16H2,1-3H3. The lowest BCUT2D eigenvalue weighted by molar-refractivity contribution is 0.278. The number of aromatic nitrogens is 2. The Labute approximate surface area is 196 Å². The van der Waals surface area contributed by atoms with Crippen LogP contribution < -0.4 is 9.47 Å². The highest BCUT2D eigenvalue weighted by atomic mass is 79.9. The van der Waals surface area contributed by atoms with Gasteiger partial charge in [-0.25, -0.2) is 4.98 Å². The molecule has 0 radical (unpaired) electrons. The number of imidazole rings is 1. The number of ether oxygens (including phenoxy) is 2. The van der Waals surface area contributed by atoms with Gasteiger partial charge in [0.15, 0.2) is 0 Å². The fraction of sp³-hybridized carbons (Fsp3) is 0.269. The van der Waals surface area contributed by atoms with Crippen molar-refractivity contribution >= 4 is 27.0 Å². The predicted octanol–water partition coefficient (Wildman–Crippen LogP) is 6.17. The molecular weight excluding hydrogens is 468 g/mol. The summed E-state index contributed by atoms with van der Waals surface area (Å²) in [4.78, 5) is 4.97. The maximum Gasteiger partial charge on any atom is 0.145 e. The summed E-state index contributed by atoms with van der Waals surface area (Å²) in [5.74, 6) is 2.75. The van der Waals surface area contributed by atoms with Crippen molar-refractivity contribution in [3.63, 3.8) is 0 Å². The van der Waals surface area contributed by atoms with Crippen molar-refractivity contribution in [3.05, 3.63) is 76.3 Å². The lowest BCUT2D eigenvalue weighted by Crippen LogP contribution is -2.06. The Morgan fingerprint density at radius 1 is 1.06 bits per heavy atom. The third-order valence-electron chi connectivity index (χ3n) is 5.51. The molecule has 0 aliphatic rings. The second-order valence-electron chi connectivity index (χ2n) is 7.94. The average Bonchev–Trinajstić information content (AvgIpc) is 3.19. The van der Waals surface area contributed by atoms with Gasteiger partial charge in [-0.05, 0) is 45.6 Å². The van der Waals surface area contributed by atoms with Crippen LogP contribution >= 0.6 is 15.9 Å². The van der Waals surface area contributed by atoms with E-state index in [2.05, 4.69) is 54.0 Å². The molecule has 4 aromatic rings. The van der Waals surface area contributed by atoms with E-state index in [1.807, 2.05) is 41.0 Å². The summed E-state index contributed by atoms with van der Waals surface area (Å²) in [6, 6.07) is 20.1. The van der Waals surface area contributed by atoms with Gasteiger partial charge in [0.05, 0.1) is 18.2 Å². The van der Waals surface area contributed by atoms with Gasteiger partial charge < -0.3 is 19.1 Å². The molecule has 0 aliphatic heterocycles. The van der Waals surface area contributed by atoms with Crippen molar-refractivity contribution in [3.8, 4) is 22.9 Å². The minimum Gasteiger partial charge on any atom is -0.494 e. The number of aliphatic hydroxyl groups excluding tert-OH is 1. The summed E-state index contributed by atoms with van der Waals surface area (Å²) in [6.45, 7) is 5.15. The summed E-state index contributed by atoms with van der Waals surface area (Å²) in [5, 5.41) is 9.76. The van der Waals surface area contributed by atoms with Crippen LogP contribution in [0.4, 0.5) is 0 Å². The number of rotatable bonds is 8. The Morgan fingerprint density at radius 3 is 2.41 bits per heavy atom. The second kappa shape index (κ2) is 9.76.